The Kier molecular flexibility index (Phi) is 7.00. The molecule has 3 heterocycles. The van der Waals surface area contributed by atoms with Gasteiger partial charge in [0.25, 0.3) is 0 Å². The van der Waals surface area contributed by atoms with E-state index in [1.165, 1.54) is 18.4 Å². The van der Waals surface area contributed by atoms with E-state index in [4.69, 9.17) is 5.11 Å². The molecule has 2 aliphatic heterocycles. The van der Waals surface area contributed by atoms with Crippen LogP contribution >= 0.6 is 0 Å². The lowest BCUT2D eigenvalue weighted by atomic mass is 9.93. The highest BCUT2D eigenvalue weighted by Crippen LogP contribution is 2.25. The number of hydrogen-bond donors (Lipinski definition) is 1. The number of hydrogen-bond acceptors (Lipinski definition) is 5. The van der Waals surface area contributed by atoms with Crippen LogP contribution in [0.5, 0.6) is 0 Å². The maximum Gasteiger partial charge on any atom is 0.226 e. The average molecular weight is 361 g/mol. The van der Waals surface area contributed by atoms with Crippen LogP contribution in [0.15, 0.2) is 24.5 Å². The van der Waals surface area contributed by atoms with E-state index in [0.29, 0.717) is 12.6 Å². The topological polar surface area (TPSA) is 59.9 Å². The summed E-state index contributed by atoms with van der Waals surface area (Å²) in [6.07, 6.45) is 8.20. The first-order valence-electron chi connectivity index (χ1n) is 9.88. The van der Waals surface area contributed by atoms with E-state index in [9.17, 15) is 4.79 Å². The van der Waals surface area contributed by atoms with Crippen molar-refractivity contribution in [1.29, 1.82) is 0 Å². The zero-order valence-electron chi connectivity index (χ0n) is 15.9. The van der Waals surface area contributed by atoms with Crippen LogP contribution in [0.4, 0.5) is 0 Å². The van der Waals surface area contributed by atoms with Crippen LogP contribution in [-0.2, 0) is 11.3 Å². The Labute approximate surface area is 156 Å². The summed E-state index contributed by atoms with van der Waals surface area (Å²) in [5, 5.41) is 9.06. The molecule has 26 heavy (non-hydrogen) atoms. The van der Waals surface area contributed by atoms with Crippen LogP contribution in [0.3, 0.4) is 0 Å². The molecule has 0 radical (unpaired) electrons. The van der Waals surface area contributed by atoms with Crippen molar-refractivity contribution < 1.29 is 9.90 Å². The quantitative estimate of drug-likeness (QED) is 0.826. The van der Waals surface area contributed by atoms with E-state index in [1.54, 1.807) is 11.9 Å². The summed E-state index contributed by atoms with van der Waals surface area (Å²) in [6, 6.07) is 4.74. The molecule has 6 nitrogen and oxygen atoms in total. The van der Waals surface area contributed by atoms with Gasteiger partial charge in [-0.15, -0.1) is 0 Å². The molecule has 6 heteroatoms. The molecule has 0 saturated carbocycles. The maximum absolute atomic E-state index is 12.5. The Morgan fingerprint density at radius 2 is 2.12 bits per heavy atom. The Morgan fingerprint density at radius 1 is 1.31 bits per heavy atom. The summed E-state index contributed by atoms with van der Waals surface area (Å²) in [5.41, 5.74) is 1.28. The van der Waals surface area contributed by atoms with Crippen molar-refractivity contribution in [2.45, 2.75) is 38.3 Å². The molecule has 2 saturated heterocycles. The SMILES string of the molecule is CN(CCO)C(=O)C1CCCN(C2CCN(Cc3cccnc3)CC2)C1. The van der Waals surface area contributed by atoms with Crippen LogP contribution in [0.25, 0.3) is 0 Å². The number of likely N-dealkylation sites (tertiary alicyclic amines) is 2. The second kappa shape index (κ2) is 9.44. The van der Waals surface area contributed by atoms with E-state index in [0.717, 1.165) is 45.6 Å². The predicted molar refractivity (Wildman–Crippen MR) is 102 cm³/mol. The van der Waals surface area contributed by atoms with Gasteiger partial charge in [-0.3, -0.25) is 19.6 Å². The first-order valence-corrected chi connectivity index (χ1v) is 9.88. The summed E-state index contributed by atoms with van der Waals surface area (Å²) >= 11 is 0. The van der Waals surface area contributed by atoms with Crippen LogP contribution in [0.2, 0.25) is 0 Å². The molecule has 1 N–H and O–H groups in total. The fourth-order valence-corrected chi connectivity index (χ4v) is 4.30. The van der Waals surface area contributed by atoms with Crippen molar-refractivity contribution in [3.05, 3.63) is 30.1 Å². The molecule has 3 rings (SSSR count). The number of carbonyl (C=O) groups excluding carboxylic acids is 1. The summed E-state index contributed by atoms with van der Waals surface area (Å²) in [4.78, 5) is 23.5. The molecule has 0 bridgehead atoms. The Balaban J connectivity index is 1.47. The summed E-state index contributed by atoms with van der Waals surface area (Å²) in [6.45, 7) is 5.66. The van der Waals surface area contributed by atoms with Gasteiger partial charge in [0, 0.05) is 45.1 Å². The number of amides is 1. The fraction of sp³-hybridized carbons (Fsp3) is 0.700. The van der Waals surface area contributed by atoms with Gasteiger partial charge in [-0.05, 0) is 56.9 Å². The molecule has 144 valence electrons. The van der Waals surface area contributed by atoms with Crippen molar-refractivity contribution in [2.24, 2.45) is 5.92 Å². The van der Waals surface area contributed by atoms with Crippen molar-refractivity contribution in [1.82, 2.24) is 19.7 Å². The normalized spacial score (nSPS) is 23.1. The number of aliphatic hydroxyl groups excluding tert-OH is 1. The van der Waals surface area contributed by atoms with Gasteiger partial charge in [-0.1, -0.05) is 6.07 Å². The van der Waals surface area contributed by atoms with E-state index in [1.807, 2.05) is 18.5 Å². The number of piperidine rings is 2. The summed E-state index contributed by atoms with van der Waals surface area (Å²) in [7, 11) is 1.80. The van der Waals surface area contributed by atoms with Crippen molar-refractivity contribution in [3.8, 4) is 0 Å². The number of nitrogens with zero attached hydrogens (tertiary/aromatic N) is 4. The van der Waals surface area contributed by atoms with Gasteiger partial charge in [0.15, 0.2) is 0 Å². The monoisotopic (exact) mass is 360 g/mol. The highest BCUT2D eigenvalue weighted by Gasteiger charge is 2.32. The lowest BCUT2D eigenvalue weighted by Crippen LogP contribution is -2.51. The predicted octanol–water partition coefficient (Wildman–Crippen LogP) is 1.21. The molecule has 2 fully saturated rings. The minimum atomic E-state index is 0.0358. The molecular weight excluding hydrogens is 328 g/mol. The molecule has 0 aliphatic carbocycles. The second-order valence-electron chi connectivity index (χ2n) is 7.69. The third kappa shape index (κ3) is 5.02. The second-order valence-corrected chi connectivity index (χ2v) is 7.69. The minimum absolute atomic E-state index is 0.0358. The first-order chi connectivity index (χ1) is 12.7. The highest BCUT2D eigenvalue weighted by molar-refractivity contribution is 5.78. The highest BCUT2D eigenvalue weighted by atomic mass is 16.3. The number of aliphatic hydroxyl groups is 1. The molecule has 1 amide bonds. The zero-order valence-corrected chi connectivity index (χ0v) is 15.9. The molecule has 0 spiro atoms. The summed E-state index contributed by atoms with van der Waals surface area (Å²) in [5.74, 6) is 0.284. The smallest absolute Gasteiger partial charge is 0.226 e. The zero-order chi connectivity index (χ0) is 18.4. The fourth-order valence-electron chi connectivity index (χ4n) is 4.30. The van der Waals surface area contributed by atoms with E-state index in [2.05, 4.69) is 20.9 Å². The van der Waals surface area contributed by atoms with Crippen molar-refractivity contribution in [2.75, 3.05) is 46.4 Å². The maximum atomic E-state index is 12.5. The van der Waals surface area contributed by atoms with Gasteiger partial charge in [0.05, 0.1) is 12.5 Å². The summed E-state index contributed by atoms with van der Waals surface area (Å²) < 4.78 is 0. The average Bonchev–Trinajstić information content (AvgIpc) is 2.69. The largest absolute Gasteiger partial charge is 0.395 e. The van der Waals surface area contributed by atoms with Gasteiger partial charge < -0.3 is 10.0 Å². The molecule has 2 aliphatic rings. The molecule has 1 unspecified atom stereocenters. The van der Waals surface area contributed by atoms with Gasteiger partial charge >= 0.3 is 0 Å². The van der Waals surface area contributed by atoms with E-state index >= 15 is 0 Å². The lowest BCUT2D eigenvalue weighted by molar-refractivity contribution is -0.137. The van der Waals surface area contributed by atoms with Gasteiger partial charge in [0.1, 0.15) is 0 Å². The van der Waals surface area contributed by atoms with Crippen LogP contribution in [0, 0.1) is 5.92 Å². The molecule has 1 aromatic heterocycles. The van der Waals surface area contributed by atoms with Crippen LogP contribution in [-0.4, -0.2) is 83.1 Å². The Hall–Kier alpha value is -1.50. The molecule has 0 aromatic carbocycles. The number of pyridine rings is 1. The number of aromatic nitrogens is 1. The third-order valence-corrected chi connectivity index (χ3v) is 5.82. The number of rotatable bonds is 6. The van der Waals surface area contributed by atoms with Crippen molar-refractivity contribution >= 4 is 5.91 Å². The minimum Gasteiger partial charge on any atom is -0.395 e. The molecule has 1 atom stereocenters. The Bertz CT molecular complexity index is 560. The Morgan fingerprint density at radius 3 is 2.81 bits per heavy atom. The van der Waals surface area contributed by atoms with E-state index < -0.39 is 0 Å². The van der Waals surface area contributed by atoms with Crippen LogP contribution < -0.4 is 0 Å². The van der Waals surface area contributed by atoms with Crippen LogP contribution in [0.1, 0.15) is 31.2 Å². The van der Waals surface area contributed by atoms with Gasteiger partial charge in [-0.2, -0.15) is 0 Å². The lowest BCUT2D eigenvalue weighted by Gasteiger charge is -2.42. The number of likely N-dealkylation sites (N-methyl/N-ethyl adjacent to an activating group) is 1. The van der Waals surface area contributed by atoms with Crippen molar-refractivity contribution in [3.63, 3.8) is 0 Å². The van der Waals surface area contributed by atoms with Gasteiger partial charge in [0.2, 0.25) is 5.91 Å². The van der Waals surface area contributed by atoms with Gasteiger partial charge in [-0.25, -0.2) is 0 Å². The third-order valence-electron chi connectivity index (χ3n) is 5.82. The first kappa shape index (κ1) is 19.3. The molecular formula is C20H32N4O2. The van der Waals surface area contributed by atoms with E-state index in [-0.39, 0.29) is 18.4 Å². The molecule has 1 aromatic rings. The standard InChI is InChI=1S/C20H32N4O2/c1-22(12-13-25)20(26)18-5-3-9-24(16-18)19-6-10-23(11-7-19)15-17-4-2-8-21-14-17/h2,4,8,14,18-19,25H,3,5-7,9-13,15-16H2,1H3. The number of carbonyl (C=O) groups is 1.